The zero-order valence-electron chi connectivity index (χ0n) is 77.0. The molecule has 8 aromatic heterocycles. The van der Waals surface area contributed by atoms with Gasteiger partial charge in [0.2, 0.25) is 35.6 Å². The molecule has 32 nitrogen and oxygen atoms in total. The number of nitrogens with two attached hydrogens (primary N) is 1. The minimum absolute atomic E-state index is 0.0170. The summed E-state index contributed by atoms with van der Waals surface area (Å²) in [6, 6.07) is 23.7. The molecule has 5 aliphatic rings. The Morgan fingerprint density at radius 3 is 0.970 bits per heavy atom. The van der Waals surface area contributed by atoms with E-state index in [1.165, 1.54) is 79.0 Å². The highest BCUT2D eigenvalue weighted by molar-refractivity contribution is 6.34. The Morgan fingerprint density at radius 1 is 0.394 bits per heavy atom. The van der Waals surface area contributed by atoms with Crippen LogP contribution in [0.25, 0.3) is 0 Å². The molecule has 4 aromatic carbocycles. The maximum absolute atomic E-state index is 15.1. The third-order valence-electron chi connectivity index (χ3n) is 25.3. The number of primary amides is 1. The van der Waals surface area contributed by atoms with Gasteiger partial charge in [-0.1, -0.05) is 65.5 Å². The Labute approximate surface area is 788 Å². The number of anilines is 16. The lowest BCUT2D eigenvalue weighted by atomic mass is 9.85. The van der Waals surface area contributed by atoms with E-state index in [0.29, 0.717) is 108 Å². The number of rotatable bonds is 26. The van der Waals surface area contributed by atoms with Crippen molar-refractivity contribution in [1.82, 2.24) is 106 Å². The first kappa shape index (κ1) is 96.3. The van der Waals surface area contributed by atoms with E-state index >= 15 is 8.78 Å². The summed E-state index contributed by atoms with van der Waals surface area (Å²) in [5.74, 6) is 6.45. The van der Waals surface area contributed by atoms with Crippen molar-refractivity contribution in [2.75, 3.05) is 108 Å². The molecule has 132 heavy (non-hydrogen) atoms. The van der Waals surface area contributed by atoms with Crippen LogP contribution in [0.3, 0.4) is 0 Å². The molecule has 1 saturated carbocycles. The molecular weight excluding hydrogens is 1760 g/mol. The number of piperidine rings is 4. The number of aryl methyl sites for hydroxylation is 10. The van der Waals surface area contributed by atoms with E-state index in [1.807, 2.05) is 85.7 Å². The van der Waals surface area contributed by atoms with Crippen LogP contribution >= 0.6 is 46.4 Å². The van der Waals surface area contributed by atoms with Gasteiger partial charge in [0.15, 0.2) is 46.5 Å². The molecule has 2 amide bonds. The molecule has 17 rings (SSSR count). The number of likely N-dealkylation sites (tertiary alicyclic amines) is 4. The van der Waals surface area contributed by atoms with Gasteiger partial charge in [0, 0.05) is 71.5 Å². The van der Waals surface area contributed by atoms with Gasteiger partial charge in [-0.2, -0.15) is 40.3 Å². The number of nitrogens with zero attached hydrogens (tertiary/aromatic N) is 16. The van der Waals surface area contributed by atoms with Gasteiger partial charge in [0.1, 0.15) is 31.7 Å². The minimum Gasteiger partial charge on any atom is -0.368 e. The summed E-state index contributed by atoms with van der Waals surface area (Å²) in [6.07, 6.45) is 17.1. The van der Waals surface area contributed by atoms with Crippen LogP contribution in [0.2, 0.25) is 20.1 Å². The first-order chi connectivity index (χ1) is 63.3. The summed E-state index contributed by atoms with van der Waals surface area (Å²) < 4.78 is 30.2. The molecule has 4 saturated heterocycles. The van der Waals surface area contributed by atoms with Crippen LogP contribution in [-0.2, 0) is 9.59 Å². The molecule has 2 atom stereocenters. The molecule has 12 aromatic rings. The second kappa shape index (κ2) is 43.7. The van der Waals surface area contributed by atoms with Crippen molar-refractivity contribution in [2.45, 2.75) is 196 Å². The fraction of sp³-hybridized carbons (Fsp3) is 0.426. The number of likely N-dealkylation sites (N-methyl/N-ethyl adjacent to an activating group) is 1. The van der Waals surface area contributed by atoms with E-state index in [9.17, 15) is 9.59 Å². The maximum Gasteiger partial charge on any atom is 0.236 e. The number of aromatic nitrogens is 16. The van der Waals surface area contributed by atoms with Crippen molar-refractivity contribution in [1.29, 1.82) is 0 Å². The largest absolute Gasteiger partial charge is 0.368 e. The first-order valence-corrected chi connectivity index (χ1v) is 46.5. The quantitative estimate of drug-likeness (QED) is 0.0239. The van der Waals surface area contributed by atoms with Gasteiger partial charge < -0.3 is 63.4 Å². The lowest BCUT2D eigenvalue weighted by molar-refractivity contribution is -0.126. The fourth-order valence-electron chi connectivity index (χ4n) is 17.6. The van der Waals surface area contributed by atoms with Crippen LogP contribution in [0.4, 0.5) is 102 Å². The number of nitrogens with one attached hydrogen (secondary N) is 13. The minimum atomic E-state index is -0.372. The molecule has 1 aliphatic carbocycles. The Hall–Kier alpha value is -11.8. The van der Waals surface area contributed by atoms with E-state index in [4.69, 9.17) is 52.1 Å². The highest BCUT2D eigenvalue weighted by Gasteiger charge is 2.35. The van der Waals surface area contributed by atoms with Crippen LogP contribution in [0, 0.1) is 80.9 Å². The Balaban J connectivity index is 0.000000142. The second-order valence-corrected chi connectivity index (χ2v) is 36.6. The van der Waals surface area contributed by atoms with Gasteiger partial charge in [0.25, 0.3) is 0 Å². The summed E-state index contributed by atoms with van der Waals surface area (Å²) in [4.78, 5) is 67.8. The molecule has 5 fully saturated rings. The first-order valence-electron chi connectivity index (χ1n) is 45.0. The molecule has 0 radical (unpaired) electrons. The summed E-state index contributed by atoms with van der Waals surface area (Å²) in [7, 11) is 1.65. The molecule has 4 aliphatic heterocycles. The van der Waals surface area contributed by atoms with Gasteiger partial charge in [-0.25, -0.2) is 28.7 Å². The number of aromatic amines is 4. The normalized spacial score (nSPS) is 16.0. The van der Waals surface area contributed by atoms with E-state index < -0.39 is 0 Å². The number of carbonyl (C=O) groups excluding carboxylic acids is 2. The molecular formula is C94H118Cl4F2N30O2. The van der Waals surface area contributed by atoms with E-state index in [-0.39, 0.29) is 53.3 Å². The molecule has 0 spiro atoms. The van der Waals surface area contributed by atoms with Crippen LogP contribution in [0.15, 0.2) is 97.6 Å². The number of hydrogen-bond donors (Lipinski definition) is 14. The van der Waals surface area contributed by atoms with Crippen molar-refractivity contribution < 1.29 is 18.4 Å². The smallest absolute Gasteiger partial charge is 0.236 e. The molecule has 38 heteroatoms. The molecule has 12 heterocycles. The van der Waals surface area contributed by atoms with Crippen LogP contribution in [0.1, 0.15) is 187 Å². The SMILES string of the molecule is CCN1CCC(c2cc(C)c(Nc3ncc(Cl)c(Nc4cc(C)[nH]n4)n3)cc2C)CC1.CNC(=O)C(C)N1CCC(c2cc(F)c(Nc3ncc(Cl)c(Nc4cc(C)[nH]n4)n3)cc2C)CC1.Cc1cc(Nc2nc(Nc3cc(C)c(C4CCN(C(C)C(N)=O)CC4)cc3C)ncc2Cl)n[nH]1.Cc1cc(Nc2nc(Nc3cc(C)c(C4CCN(C5CC5)CC4)cc3F)ncc2Cl)n[nH]1. The molecule has 15 N–H and O–H groups in total. The van der Waals surface area contributed by atoms with Crippen molar-refractivity contribution in [3.63, 3.8) is 0 Å². The molecule has 698 valence electrons. The highest BCUT2D eigenvalue weighted by Crippen LogP contribution is 2.42. The third-order valence-corrected chi connectivity index (χ3v) is 26.4. The lowest BCUT2D eigenvalue weighted by Crippen LogP contribution is -2.47. The van der Waals surface area contributed by atoms with Crippen LogP contribution < -0.4 is 53.6 Å². The van der Waals surface area contributed by atoms with Crippen molar-refractivity contribution >= 4 is 151 Å². The van der Waals surface area contributed by atoms with Gasteiger partial charge >= 0.3 is 0 Å². The Morgan fingerprint density at radius 2 is 0.682 bits per heavy atom. The topological polar surface area (TPSA) is 399 Å². The van der Waals surface area contributed by atoms with Gasteiger partial charge in [-0.05, 0) is 322 Å². The standard InChI is InChI=1S/C24H30ClFN8O.C24H31ClN8O.C23H27ClFN7.C23H30ClN7/c1-13-9-20(29-24-28-12-18(25)22(31-24)30-21-10-14(2)32-33-21)19(26)11-17(13)16-5-7-34(8-6-16)15(3)23(35)27-4;1-13-10-20(14(2)9-18(13)17-5-7-33(8-6-17)16(4)22(26)34)28-24-27-12-19(25)23(30-24)29-21-11-15(3)31-32-21;1-13-9-20(19(25)11-17(13)15-5-7-32(8-6-15)16-3-4-16)27-23-26-12-18(24)22(29-23)28-21-10-14(2)30-31-21;1-5-31-8-6-17(7-9-31)18-10-15(3)20(11-14(18)2)26-23-25-13-19(24)22(28-23)27-21-12-16(4)29-30-21/h9-12,15-16H,5-8H2,1-4H3,(H,27,35)(H3,28,29,30,31,32,33);9-12,16-17H,5-8H2,1-4H3,(H2,26,34)(H3,27,28,29,30,31,32);9-12,15-16H,3-8H2,1-2H3,(H3,26,27,28,29,30,31);10-13,17H,5-9H2,1-4H3,(H3,25,26,27,28,29,30). The number of hydrogen-bond acceptors (Lipinski definition) is 26. The molecule has 0 bridgehead atoms. The predicted octanol–water partition coefficient (Wildman–Crippen LogP) is 19.6. The zero-order chi connectivity index (χ0) is 93.7. The molecule has 2 unspecified atom stereocenters. The summed E-state index contributed by atoms with van der Waals surface area (Å²) in [6.45, 7) is 35.3. The van der Waals surface area contributed by atoms with Crippen molar-refractivity contribution in [2.24, 2.45) is 5.73 Å². The number of carbonyl (C=O) groups is 2. The van der Waals surface area contributed by atoms with Gasteiger partial charge in [-0.3, -0.25) is 39.8 Å². The number of H-pyrrole nitrogens is 4. The lowest BCUT2D eigenvalue weighted by Gasteiger charge is -2.35. The fourth-order valence-corrected chi connectivity index (χ4v) is 18.1. The average molecular weight is 1880 g/mol. The summed E-state index contributed by atoms with van der Waals surface area (Å²) in [5.41, 5.74) is 23.6. The van der Waals surface area contributed by atoms with Crippen LogP contribution in [-0.4, -0.2) is 196 Å². The Kier molecular flexibility index (Phi) is 31.9. The van der Waals surface area contributed by atoms with Crippen molar-refractivity contribution in [3.8, 4) is 0 Å². The second-order valence-electron chi connectivity index (χ2n) is 35.0. The zero-order valence-corrected chi connectivity index (χ0v) is 80.1. The number of amides is 2. The maximum atomic E-state index is 15.1. The number of benzene rings is 4. The Bertz CT molecular complexity index is 6010. The van der Waals surface area contributed by atoms with E-state index in [1.54, 1.807) is 37.6 Å². The third kappa shape index (κ3) is 24.9. The summed E-state index contributed by atoms with van der Waals surface area (Å²) >= 11 is 25.0. The predicted molar refractivity (Wildman–Crippen MR) is 522 cm³/mol. The van der Waals surface area contributed by atoms with Crippen molar-refractivity contribution in [3.05, 3.63) is 208 Å². The highest BCUT2D eigenvalue weighted by atomic mass is 35.5. The van der Waals surface area contributed by atoms with Gasteiger partial charge in [0.05, 0.1) is 48.2 Å². The number of halogens is 6. The van der Waals surface area contributed by atoms with Gasteiger partial charge in [-0.15, -0.1) is 0 Å². The van der Waals surface area contributed by atoms with E-state index in [2.05, 4.69) is 207 Å². The monoisotopic (exact) mass is 1880 g/mol. The summed E-state index contributed by atoms with van der Waals surface area (Å²) in [5, 5.41) is 57.3. The van der Waals surface area contributed by atoms with Crippen LogP contribution in [0.5, 0.6) is 0 Å². The average Bonchev–Trinajstić information content (AvgIpc) is 1.77. The van der Waals surface area contributed by atoms with E-state index in [0.717, 1.165) is 152 Å².